The number of hydrogen-bond acceptors (Lipinski definition) is 2. The maximum Gasteiger partial charge on any atom is 0.319 e. The lowest BCUT2D eigenvalue weighted by Crippen LogP contribution is -2.48. The molecule has 2 amide bonds. The minimum absolute atomic E-state index is 0.253. The van der Waals surface area contributed by atoms with Crippen molar-refractivity contribution < 1.29 is 18.7 Å². The molecule has 0 aliphatic carbocycles. The van der Waals surface area contributed by atoms with Gasteiger partial charge in [-0.3, -0.25) is 0 Å². The Morgan fingerprint density at radius 1 is 1.41 bits per heavy atom. The zero-order chi connectivity index (χ0) is 13.1. The van der Waals surface area contributed by atoms with Crippen LogP contribution >= 0.6 is 0 Å². The van der Waals surface area contributed by atoms with Gasteiger partial charge in [0, 0.05) is 0 Å². The maximum absolute atomic E-state index is 13.2. The number of halogens is 2. The van der Waals surface area contributed by atoms with Crippen LogP contribution in [0.15, 0.2) is 18.2 Å². The molecule has 6 heteroatoms. The Balaban J connectivity index is 2.72. The highest BCUT2D eigenvalue weighted by Gasteiger charge is 2.20. The standard InChI is InChI=1S/C11H14F2N2O2/c1-11(2,6-16)15-10(17)14-8-5-3-4-7(12)9(8)13/h3-5,16H,6H2,1-2H3,(H2,14,15,17). The zero-order valence-corrected chi connectivity index (χ0v) is 9.55. The summed E-state index contributed by atoms with van der Waals surface area (Å²) < 4.78 is 26.1. The van der Waals surface area contributed by atoms with Crippen LogP contribution in [0.5, 0.6) is 0 Å². The molecule has 0 saturated heterocycles. The van der Waals surface area contributed by atoms with Gasteiger partial charge < -0.3 is 15.7 Å². The molecule has 94 valence electrons. The Morgan fingerprint density at radius 3 is 2.65 bits per heavy atom. The quantitative estimate of drug-likeness (QED) is 0.760. The number of rotatable bonds is 3. The molecule has 1 aromatic rings. The summed E-state index contributed by atoms with van der Waals surface area (Å²) in [6.45, 7) is 2.91. The van der Waals surface area contributed by atoms with Crippen LogP contribution < -0.4 is 10.6 Å². The van der Waals surface area contributed by atoms with Gasteiger partial charge in [-0.15, -0.1) is 0 Å². The third-order valence-electron chi connectivity index (χ3n) is 2.05. The Bertz CT molecular complexity index is 422. The molecule has 0 aliphatic heterocycles. The number of carbonyl (C=O) groups excluding carboxylic acids is 1. The highest BCUT2D eigenvalue weighted by molar-refractivity contribution is 5.89. The van der Waals surface area contributed by atoms with Crippen LogP contribution in [0.4, 0.5) is 19.3 Å². The highest BCUT2D eigenvalue weighted by atomic mass is 19.2. The number of benzene rings is 1. The topological polar surface area (TPSA) is 61.4 Å². The van der Waals surface area contributed by atoms with Gasteiger partial charge >= 0.3 is 6.03 Å². The van der Waals surface area contributed by atoms with Gasteiger partial charge in [-0.1, -0.05) is 6.07 Å². The lowest BCUT2D eigenvalue weighted by Gasteiger charge is -2.23. The van der Waals surface area contributed by atoms with Crippen molar-refractivity contribution in [1.82, 2.24) is 5.32 Å². The molecule has 0 aromatic heterocycles. The number of urea groups is 1. The monoisotopic (exact) mass is 244 g/mol. The molecule has 0 radical (unpaired) electrons. The van der Waals surface area contributed by atoms with E-state index in [0.717, 1.165) is 6.07 Å². The van der Waals surface area contributed by atoms with E-state index in [0.29, 0.717) is 0 Å². The molecule has 0 aliphatic rings. The summed E-state index contributed by atoms with van der Waals surface area (Å²) >= 11 is 0. The fraction of sp³-hybridized carbons (Fsp3) is 0.364. The second-order valence-corrected chi connectivity index (χ2v) is 4.22. The van der Waals surface area contributed by atoms with Crippen LogP contribution in [0.3, 0.4) is 0 Å². The van der Waals surface area contributed by atoms with Gasteiger partial charge in [0.25, 0.3) is 0 Å². The lowest BCUT2D eigenvalue weighted by molar-refractivity contribution is 0.187. The van der Waals surface area contributed by atoms with Crippen LogP contribution in [-0.2, 0) is 0 Å². The average molecular weight is 244 g/mol. The van der Waals surface area contributed by atoms with Crippen LogP contribution in [-0.4, -0.2) is 23.3 Å². The van der Waals surface area contributed by atoms with Crippen molar-refractivity contribution in [2.75, 3.05) is 11.9 Å². The molecule has 1 aromatic carbocycles. The molecular weight excluding hydrogens is 230 g/mol. The molecule has 0 saturated carbocycles. The van der Waals surface area contributed by atoms with Crippen molar-refractivity contribution in [2.45, 2.75) is 19.4 Å². The number of aliphatic hydroxyl groups excluding tert-OH is 1. The first-order valence-corrected chi connectivity index (χ1v) is 5.00. The summed E-state index contributed by atoms with van der Waals surface area (Å²) in [5.41, 5.74) is -1.09. The maximum atomic E-state index is 13.2. The number of anilines is 1. The van der Waals surface area contributed by atoms with Crippen molar-refractivity contribution in [3.05, 3.63) is 29.8 Å². The molecule has 0 heterocycles. The van der Waals surface area contributed by atoms with E-state index in [-0.39, 0.29) is 12.3 Å². The minimum atomic E-state index is -1.12. The van der Waals surface area contributed by atoms with Gasteiger partial charge in [0.1, 0.15) is 0 Å². The number of amides is 2. The number of carbonyl (C=O) groups is 1. The molecule has 17 heavy (non-hydrogen) atoms. The second kappa shape index (κ2) is 5.09. The first kappa shape index (κ1) is 13.4. The third kappa shape index (κ3) is 3.67. The molecule has 0 spiro atoms. The fourth-order valence-corrected chi connectivity index (χ4v) is 1.10. The molecule has 0 atom stereocenters. The summed E-state index contributed by atoms with van der Waals surface area (Å²) in [4.78, 5) is 11.4. The third-order valence-corrected chi connectivity index (χ3v) is 2.05. The van der Waals surface area contributed by atoms with E-state index in [9.17, 15) is 13.6 Å². The summed E-state index contributed by atoms with van der Waals surface area (Å²) in [5.74, 6) is -2.16. The Morgan fingerprint density at radius 2 is 2.06 bits per heavy atom. The molecule has 1 rings (SSSR count). The fourth-order valence-electron chi connectivity index (χ4n) is 1.10. The van der Waals surface area contributed by atoms with Gasteiger partial charge in [0.15, 0.2) is 11.6 Å². The van der Waals surface area contributed by atoms with Gasteiger partial charge in [0.2, 0.25) is 0 Å². The predicted molar refractivity (Wildman–Crippen MR) is 59.7 cm³/mol. The Labute approximate surface area is 97.6 Å². The SMILES string of the molecule is CC(C)(CO)NC(=O)Nc1cccc(F)c1F. The second-order valence-electron chi connectivity index (χ2n) is 4.22. The van der Waals surface area contributed by atoms with Crippen molar-refractivity contribution in [2.24, 2.45) is 0 Å². The Hall–Kier alpha value is -1.69. The van der Waals surface area contributed by atoms with Crippen LogP contribution in [0.25, 0.3) is 0 Å². The average Bonchev–Trinajstić information content (AvgIpc) is 2.24. The molecule has 0 unspecified atom stereocenters. The van der Waals surface area contributed by atoms with E-state index in [4.69, 9.17) is 5.11 Å². The summed E-state index contributed by atoms with van der Waals surface area (Å²) in [6.07, 6.45) is 0. The van der Waals surface area contributed by atoms with E-state index < -0.39 is 23.2 Å². The van der Waals surface area contributed by atoms with Crippen LogP contribution in [0, 0.1) is 11.6 Å². The van der Waals surface area contributed by atoms with E-state index in [1.54, 1.807) is 13.8 Å². The number of nitrogens with one attached hydrogen (secondary N) is 2. The van der Waals surface area contributed by atoms with Crippen molar-refractivity contribution in [3.63, 3.8) is 0 Å². The Kier molecular flexibility index (Phi) is 4.01. The van der Waals surface area contributed by atoms with Crippen molar-refractivity contribution >= 4 is 11.7 Å². The van der Waals surface area contributed by atoms with Crippen molar-refractivity contribution in [1.29, 1.82) is 0 Å². The molecule has 0 fully saturated rings. The van der Waals surface area contributed by atoms with E-state index >= 15 is 0 Å². The van der Waals surface area contributed by atoms with Crippen LogP contribution in [0.1, 0.15) is 13.8 Å². The van der Waals surface area contributed by atoms with Gasteiger partial charge in [0.05, 0.1) is 17.8 Å². The molecule has 0 bridgehead atoms. The number of aliphatic hydroxyl groups is 1. The van der Waals surface area contributed by atoms with Gasteiger partial charge in [-0.25, -0.2) is 13.6 Å². The van der Waals surface area contributed by atoms with Crippen LogP contribution in [0.2, 0.25) is 0 Å². The number of hydrogen-bond donors (Lipinski definition) is 3. The first-order chi connectivity index (χ1) is 7.85. The zero-order valence-electron chi connectivity index (χ0n) is 9.55. The lowest BCUT2D eigenvalue weighted by atomic mass is 10.1. The van der Waals surface area contributed by atoms with E-state index in [1.807, 2.05) is 0 Å². The predicted octanol–water partition coefficient (Wildman–Crippen LogP) is 1.86. The molecule has 4 nitrogen and oxygen atoms in total. The minimum Gasteiger partial charge on any atom is -0.394 e. The summed E-state index contributed by atoms with van der Waals surface area (Å²) in [5, 5.41) is 13.5. The molecule has 3 N–H and O–H groups in total. The summed E-state index contributed by atoms with van der Waals surface area (Å²) in [6, 6.07) is 2.76. The van der Waals surface area contributed by atoms with Gasteiger partial charge in [-0.2, -0.15) is 0 Å². The molecular formula is C11H14F2N2O2. The smallest absolute Gasteiger partial charge is 0.319 e. The van der Waals surface area contributed by atoms with Gasteiger partial charge in [-0.05, 0) is 26.0 Å². The van der Waals surface area contributed by atoms with Crippen molar-refractivity contribution in [3.8, 4) is 0 Å². The normalized spacial score (nSPS) is 11.1. The summed E-state index contributed by atoms with van der Waals surface area (Å²) in [7, 11) is 0. The van der Waals surface area contributed by atoms with E-state index in [2.05, 4.69) is 10.6 Å². The van der Waals surface area contributed by atoms with E-state index in [1.165, 1.54) is 12.1 Å². The first-order valence-electron chi connectivity index (χ1n) is 5.00. The highest BCUT2D eigenvalue weighted by Crippen LogP contribution is 2.16. The largest absolute Gasteiger partial charge is 0.394 e.